The molecule has 4 rings (SSSR count). The van der Waals surface area contributed by atoms with Gasteiger partial charge in [0.2, 0.25) is 11.8 Å². The molecular formula is C18H21N5O2. The molecular weight excluding hydrogens is 318 g/mol. The van der Waals surface area contributed by atoms with E-state index in [1.54, 1.807) is 6.92 Å². The molecule has 1 saturated heterocycles. The number of nitrogens with zero attached hydrogens (tertiary/aromatic N) is 4. The van der Waals surface area contributed by atoms with Gasteiger partial charge >= 0.3 is 0 Å². The Morgan fingerprint density at radius 1 is 1.20 bits per heavy atom. The number of amides is 1. The van der Waals surface area contributed by atoms with Crippen LogP contribution in [0.25, 0.3) is 10.9 Å². The van der Waals surface area contributed by atoms with Crippen molar-refractivity contribution in [1.82, 2.24) is 25.0 Å². The van der Waals surface area contributed by atoms with Crippen molar-refractivity contribution in [2.45, 2.75) is 19.9 Å². The predicted octanol–water partition coefficient (Wildman–Crippen LogP) is 2.38. The van der Waals surface area contributed by atoms with E-state index in [1.807, 2.05) is 35.2 Å². The van der Waals surface area contributed by atoms with Gasteiger partial charge in [0, 0.05) is 44.0 Å². The molecule has 25 heavy (non-hydrogen) atoms. The van der Waals surface area contributed by atoms with Crippen LogP contribution in [0.1, 0.15) is 35.2 Å². The Balaban J connectivity index is 1.41. The number of rotatable bonds is 3. The lowest BCUT2D eigenvalue weighted by atomic mass is 10.2. The van der Waals surface area contributed by atoms with Gasteiger partial charge in [-0.3, -0.25) is 9.69 Å². The number of aromatic amines is 1. The van der Waals surface area contributed by atoms with Crippen molar-refractivity contribution in [3.63, 3.8) is 0 Å². The van der Waals surface area contributed by atoms with E-state index in [4.69, 9.17) is 4.42 Å². The lowest BCUT2D eigenvalue weighted by Crippen LogP contribution is -2.49. The summed E-state index contributed by atoms with van der Waals surface area (Å²) in [6.45, 7) is 6.79. The quantitative estimate of drug-likeness (QED) is 0.793. The number of aryl methyl sites for hydroxylation is 1. The summed E-state index contributed by atoms with van der Waals surface area (Å²) >= 11 is 0. The fraction of sp³-hybridized carbons (Fsp3) is 0.389. The van der Waals surface area contributed by atoms with E-state index >= 15 is 0 Å². The second-order valence-corrected chi connectivity index (χ2v) is 6.43. The van der Waals surface area contributed by atoms with Gasteiger partial charge in [-0.15, -0.1) is 10.2 Å². The first-order chi connectivity index (χ1) is 12.1. The zero-order valence-corrected chi connectivity index (χ0v) is 14.4. The molecule has 1 aliphatic rings. The summed E-state index contributed by atoms with van der Waals surface area (Å²) in [7, 11) is 0. The number of H-pyrrole nitrogens is 1. The Labute approximate surface area is 145 Å². The maximum absolute atomic E-state index is 12.8. The SMILES string of the molecule is Cc1nnc([C@@H](C)N2CCN(C(=O)c3cc4ccccc4[nH]3)CC2)o1. The lowest BCUT2D eigenvalue weighted by Gasteiger charge is -2.36. The van der Waals surface area contributed by atoms with Gasteiger partial charge in [0.1, 0.15) is 5.69 Å². The summed E-state index contributed by atoms with van der Waals surface area (Å²) in [6, 6.07) is 9.92. The Bertz CT molecular complexity index is 859. The number of carbonyl (C=O) groups excluding carboxylic acids is 1. The normalized spacial score (nSPS) is 17.1. The maximum atomic E-state index is 12.8. The number of piperazine rings is 1. The zero-order valence-electron chi connectivity index (χ0n) is 14.4. The van der Waals surface area contributed by atoms with Gasteiger partial charge < -0.3 is 14.3 Å². The first-order valence-corrected chi connectivity index (χ1v) is 8.53. The van der Waals surface area contributed by atoms with Crippen molar-refractivity contribution in [2.24, 2.45) is 0 Å². The van der Waals surface area contributed by atoms with Gasteiger partial charge in [0.05, 0.1) is 6.04 Å². The molecule has 2 aromatic heterocycles. The van der Waals surface area contributed by atoms with Gasteiger partial charge in [-0.1, -0.05) is 18.2 Å². The van der Waals surface area contributed by atoms with Crippen LogP contribution in [0, 0.1) is 6.92 Å². The van der Waals surface area contributed by atoms with E-state index in [0.717, 1.165) is 24.0 Å². The minimum absolute atomic E-state index is 0.0529. The molecule has 1 amide bonds. The Kier molecular flexibility index (Phi) is 4.01. The standard InChI is InChI=1S/C18H21N5O2/c1-12(17-21-20-13(2)25-17)22-7-9-23(10-8-22)18(24)16-11-14-5-3-4-6-15(14)19-16/h3-6,11-12,19H,7-10H2,1-2H3/t12-/m1/s1. The molecule has 1 N–H and O–H groups in total. The van der Waals surface area contributed by atoms with Crippen LogP contribution in [-0.4, -0.2) is 57.1 Å². The van der Waals surface area contributed by atoms with E-state index in [0.29, 0.717) is 30.6 Å². The van der Waals surface area contributed by atoms with Crippen LogP contribution in [0.5, 0.6) is 0 Å². The molecule has 1 atom stereocenters. The first kappa shape index (κ1) is 15.8. The van der Waals surface area contributed by atoms with Crippen molar-refractivity contribution >= 4 is 16.8 Å². The monoisotopic (exact) mass is 339 g/mol. The highest BCUT2D eigenvalue weighted by molar-refractivity contribution is 5.98. The molecule has 0 aliphatic carbocycles. The summed E-state index contributed by atoms with van der Waals surface area (Å²) in [6.07, 6.45) is 0. The first-order valence-electron chi connectivity index (χ1n) is 8.53. The highest BCUT2D eigenvalue weighted by Crippen LogP contribution is 2.22. The van der Waals surface area contributed by atoms with Crippen LogP contribution in [0.2, 0.25) is 0 Å². The van der Waals surface area contributed by atoms with Crippen LogP contribution in [0.15, 0.2) is 34.7 Å². The Morgan fingerprint density at radius 2 is 1.96 bits per heavy atom. The highest BCUT2D eigenvalue weighted by atomic mass is 16.4. The van der Waals surface area contributed by atoms with Crippen LogP contribution in [0.3, 0.4) is 0 Å². The third-order valence-corrected chi connectivity index (χ3v) is 4.81. The largest absolute Gasteiger partial charge is 0.424 e. The zero-order chi connectivity index (χ0) is 17.4. The highest BCUT2D eigenvalue weighted by Gasteiger charge is 2.28. The Morgan fingerprint density at radius 3 is 2.64 bits per heavy atom. The van der Waals surface area contributed by atoms with Gasteiger partial charge in [-0.25, -0.2) is 0 Å². The number of benzene rings is 1. The van der Waals surface area contributed by atoms with Crippen LogP contribution < -0.4 is 0 Å². The van der Waals surface area contributed by atoms with E-state index in [-0.39, 0.29) is 11.9 Å². The Hall–Kier alpha value is -2.67. The van der Waals surface area contributed by atoms with Gasteiger partial charge in [-0.2, -0.15) is 0 Å². The van der Waals surface area contributed by atoms with E-state index in [9.17, 15) is 4.79 Å². The van der Waals surface area contributed by atoms with Crippen molar-refractivity contribution in [2.75, 3.05) is 26.2 Å². The summed E-state index contributed by atoms with van der Waals surface area (Å²) in [5.41, 5.74) is 1.64. The molecule has 1 aliphatic heterocycles. The lowest BCUT2D eigenvalue weighted by molar-refractivity contribution is 0.0553. The van der Waals surface area contributed by atoms with Gasteiger partial charge in [0.15, 0.2) is 0 Å². The minimum atomic E-state index is 0.0529. The van der Waals surface area contributed by atoms with E-state index in [2.05, 4.69) is 27.0 Å². The molecule has 7 heteroatoms. The topological polar surface area (TPSA) is 78.3 Å². The number of hydrogen-bond donors (Lipinski definition) is 1. The molecule has 3 heterocycles. The molecule has 0 spiro atoms. The number of fused-ring (bicyclic) bond motifs is 1. The molecule has 7 nitrogen and oxygen atoms in total. The average molecular weight is 339 g/mol. The molecule has 1 fully saturated rings. The van der Waals surface area contributed by atoms with Crippen molar-refractivity contribution < 1.29 is 9.21 Å². The van der Waals surface area contributed by atoms with Crippen molar-refractivity contribution in [3.8, 4) is 0 Å². The number of para-hydroxylation sites is 1. The third-order valence-electron chi connectivity index (χ3n) is 4.81. The molecule has 0 bridgehead atoms. The fourth-order valence-electron chi connectivity index (χ4n) is 3.31. The predicted molar refractivity (Wildman–Crippen MR) is 93.2 cm³/mol. The third kappa shape index (κ3) is 3.02. The molecule has 0 unspecified atom stereocenters. The molecule has 130 valence electrons. The van der Waals surface area contributed by atoms with Gasteiger partial charge in [-0.05, 0) is 19.1 Å². The average Bonchev–Trinajstić information content (AvgIpc) is 3.26. The van der Waals surface area contributed by atoms with Crippen molar-refractivity contribution in [3.05, 3.63) is 47.8 Å². The second-order valence-electron chi connectivity index (χ2n) is 6.43. The summed E-state index contributed by atoms with van der Waals surface area (Å²) in [5.74, 6) is 1.26. The molecule has 3 aromatic rings. The smallest absolute Gasteiger partial charge is 0.270 e. The number of carbonyl (C=O) groups is 1. The molecule has 0 radical (unpaired) electrons. The number of nitrogens with one attached hydrogen (secondary N) is 1. The van der Waals surface area contributed by atoms with E-state index < -0.39 is 0 Å². The maximum Gasteiger partial charge on any atom is 0.270 e. The van der Waals surface area contributed by atoms with Crippen LogP contribution in [0.4, 0.5) is 0 Å². The van der Waals surface area contributed by atoms with Crippen molar-refractivity contribution in [1.29, 1.82) is 0 Å². The van der Waals surface area contributed by atoms with Crippen LogP contribution >= 0.6 is 0 Å². The number of aromatic nitrogens is 3. The number of hydrogen-bond acceptors (Lipinski definition) is 5. The summed E-state index contributed by atoms with van der Waals surface area (Å²) in [4.78, 5) is 20.1. The van der Waals surface area contributed by atoms with E-state index in [1.165, 1.54) is 0 Å². The van der Waals surface area contributed by atoms with Gasteiger partial charge in [0.25, 0.3) is 5.91 Å². The van der Waals surface area contributed by atoms with Crippen LogP contribution in [-0.2, 0) is 0 Å². The summed E-state index contributed by atoms with van der Waals surface area (Å²) < 4.78 is 5.53. The second kappa shape index (κ2) is 6.33. The summed E-state index contributed by atoms with van der Waals surface area (Å²) in [5, 5.41) is 9.06. The fourth-order valence-corrected chi connectivity index (χ4v) is 3.31. The minimum Gasteiger partial charge on any atom is -0.424 e. The molecule has 1 aromatic carbocycles. The molecule has 0 saturated carbocycles.